The van der Waals surface area contributed by atoms with Gasteiger partial charge in [-0.15, -0.1) is 21.5 Å². The predicted molar refractivity (Wildman–Crippen MR) is 130 cm³/mol. The molecule has 33 heavy (non-hydrogen) atoms. The molecule has 2 aromatic carbocycles. The van der Waals surface area contributed by atoms with Gasteiger partial charge in [-0.25, -0.2) is 8.42 Å². The number of sulfonamides is 1. The molecule has 0 saturated carbocycles. The summed E-state index contributed by atoms with van der Waals surface area (Å²) in [6.45, 7) is 1.62. The quantitative estimate of drug-likeness (QED) is 0.354. The fourth-order valence-corrected chi connectivity index (χ4v) is 6.69. The van der Waals surface area contributed by atoms with Crippen molar-refractivity contribution in [2.24, 2.45) is 0 Å². The smallest absolute Gasteiger partial charge is 0.243 e. The molecule has 2 aromatic heterocycles. The van der Waals surface area contributed by atoms with Crippen molar-refractivity contribution < 1.29 is 13.2 Å². The van der Waals surface area contributed by atoms with Crippen LogP contribution in [-0.4, -0.2) is 53.8 Å². The summed E-state index contributed by atoms with van der Waals surface area (Å²) in [5.74, 6) is 1.37. The van der Waals surface area contributed by atoms with E-state index in [9.17, 15) is 8.42 Å². The molecule has 0 unspecified atom stereocenters. The van der Waals surface area contributed by atoms with Crippen LogP contribution in [0.1, 0.15) is 5.56 Å². The highest BCUT2D eigenvalue weighted by Gasteiger charge is 2.26. The number of thioether (sulfide) groups is 1. The molecule has 0 atom stereocenters. The van der Waals surface area contributed by atoms with Crippen molar-refractivity contribution in [1.82, 2.24) is 19.1 Å². The van der Waals surface area contributed by atoms with Crippen LogP contribution in [0.2, 0.25) is 0 Å². The lowest BCUT2D eigenvalue weighted by molar-refractivity contribution is 0.0730. The summed E-state index contributed by atoms with van der Waals surface area (Å²) in [7, 11) is -3.53. The largest absolute Gasteiger partial charge is 0.379 e. The maximum absolute atomic E-state index is 13.0. The monoisotopic (exact) mass is 498 g/mol. The minimum Gasteiger partial charge on any atom is -0.379 e. The highest BCUT2D eigenvalue weighted by atomic mass is 32.2. The first-order valence-electron chi connectivity index (χ1n) is 10.5. The van der Waals surface area contributed by atoms with Crippen LogP contribution in [0.5, 0.6) is 0 Å². The minimum absolute atomic E-state index is 0.311. The molecule has 7 nitrogen and oxygen atoms in total. The van der Waals surface area contributed by atoms with Gasteiger partial charge < -0.3 is 4.74 Å². The summed E-state index contributed by atoms with van der Waals surface area (Å²) in [6.07, 6.45) is 0. The summed E-state index contributed by atoms with van der Waals surface area (Å²) in [5.41, 5.74) is 1.90. The third-order valence-corrected chi connectivity index (χ3v) is 9.02. The van der Waals surface area contributed by atoms with Crippen LogP contribution >= 0.6 is 23.1 Å². The average molecular weight is 499 g/mol. The molecule has 0 amide bonds. The van der Waals surface area contributed by atoms with E-state index in [4.69, 9.17) is 4.74 Å². The number of benzene rings is 2. The molecular weight excluding hydrogens is 476 g/mol. The Morgan fingerprint density at radius 3 is 2.55 bits per heavy atom. The van der Waals surface area contributed by atoms with Crippen LogP contribution < -0.4 is 0 Å². The van der Waals surface area contributed by atoms with Crippen molar-refractivity contribution in [1.29, 1.82) is 0 Å². The lowest BCUT2D eigenvalue weighted by atomic mass is 10.2. The van der Waals surface area contributed by atoms with Gasteiger partial charge in [-0.1, -0.05) is 48.2 Å². The maximum Gasteiger partial charge on any atom is 0.243 e. The number of morpholine rings is 1. The van der Waals surface area contributed by atoms with Crippen molar-refractivity contribution in [2.75, 3.05) is 26.3 Å². The number of nitrogens with zero attached hydrogens (tertiary/aromatic N) is 4. The zero-order valence-electron chi connectivity index (χ0n) is 17.7. The number of hydrogen-bond acceptors (Lipinski definition) is 7. The second-order valence-corrected chi connectivity index (χ2v) is 11.2. The molecule has 0 spiro atoms. The summed E-state index contributed by atoms with van der Waals surface area (Å²) >= 11 is 3.15. The Kier molecular flexibility index (Phi) is 6.61. The zero-order valence-corrected chi connectivity index (χ0v) is 20.2. The summed E-state index contributed by atoms with van der Waals surface area (Å²) in [6, 6.07) is 21.2. The highest BCUT2D eigenvalue weighted by Crippen LogP contribution is 2.32. The van der Waals surface area contributed by atoms with Gasteiger partial charge in [-0.3, -0.25) is 4.57 Å². The third kappa shape index (κ3) is 4.75. The number of para-hydroxylation sites is 1. The average Bonchev–Trinajstić information content (AvgIpc) is 3.54. The third-order valence-electron chi connectivity index (χ3n) is 5.26. The molecule has 1 aliphatic heterocycles. The number of ether oxygens (including phenoxy) is 1. The van der Waals surface area contributed by atoms with Crippen molar-refractivity contribution in [3.63, 3.8) is 0 Å². The Morgan fingerprint density at radius 2 is 1.79 bits per heavy atom. The first-order valence-corrected chi connectivity index (χ1v) is 13.8. The van der Waals surface area contributed by atoms with Crippen LogP contribution in [0.15, 0.2) is 82.2 Å². The van der Waals surface area contributed by atoms with E-state index in [2.05, 4.69) is 10.2 Å². The lowest BCUT2D eigenvalue weighted by Gasteiger charge is -2.26. The van der Waals surface area contributed by atoms with E-state index in [1.54, 1.807) is 29.5 Å². The van der Waals surface area contributed by atoms with E-state index >= 15 is 0 Å². The van der Waals surface area contributed by atoms with Crippen LogP contribution in [0.3, 0.4) is 0 Å². The van der Waals surface area contributed by atoms with E-state index < -0.39 is 10.0 Å². The van der Waals surface area contributed by atoms with Crippen LogP contribution in [0, 0.1) is 0 Å². The van der Waals surface area contributed by atoms with Gasteiger partial charge in [0.1, 0.15) is 0 Å². The lowest BCUT2D eigenvalue weighted by Crippen LogP contribution is -2.40. The van der Waals surface area contributed by atoms with Crippen LogP contribution in [-0.2, 0) is 20.5 Å². The number of thiophene rings is 1. The molecule has 4 aromatic rings. The van der Waals surface area contributed by atoms with Gasteiger partial charge in [0, 0.05) is 24.5 Å². The van der Waals surface area contributed by atoms with Crippen molar-refractivity contribution in [3.8, 4) is 16.4 Å². The van der Waals surface area contributed by atoms with Gasteiger partial charge in [0.25, 0.3) is 0 Å². The van der Waals surface area contributed by atoms with E-state index in [0.29, 0.717) is 37.0 Å². The molecule has 0 N–H and O–H groups in total. The Hall–Kier alpha value is -2.50. The molecule has 5 rings (SSSR count). The highest BCUT2D eigenvalue weighted by molar-refractivity contribution is 7.98. The van der Waals surface area contributed by atoms with Crippen molar-refractivity contribution in [2.45, 2.75) is 15.8 Å². The summed E-state index contributed by atoms with van der Waals surface area (Å²) in [4.78, 5) is 1.35. The molecule has 0 aliphatic carbocycles. The van der Waals surface area contributed by atoms with E-state index in [1.807, 2.05) is 58.5 Å². The van der Waals surface area contributed by atoms with E-state index in [1.165, 1.54) is 16.1 Å². The molecule has 1 fully saturated rings. The van der Waals surface area contributed by atoms with Gasteiger partial charge in [-0.05, 0) is 41.3 Å². The number of hydrogen-bond donors (Lipinski definition) is 0. The number of rotatable bonds is 7. The van der Waals surface area contributed by atoms with Gasteiger partial charge in [0.05, 0.1) is 23.0 Å². The SMILES string of the molecule is O=S(=O)(c1cccc(CSc2nnc(-c3cccs3)n2-c2ccccc2)c1)N1CCOCC1. The second kappa shape index (κ2) is 9.78. The Morgan fingerprint density at radius 1 is 0.970 bits per heavy atom. The predicted octanol–water partition coefficient (Wildman–Crippen LogP) is 4.31. The molecule has 0 radical (unpaired) electrons. The molecular formula is C23H22N4O3S3. The van der Waals surface area contributed by atoms with Gasteiger partial charge >= 0.3 is 0 Å². The summed E-state index contributed by atoms with van der Waals surface area (Å²) < 4.78 is 34.9. The molecule has 1 saturated heterocycles. The first kappa shape index (κ1) is 22.3. The summed E-state index contributed by atoms with van der Waals surface area (Å²) in [5, 5.41) is 11.7. The van der Waals surface area contributed by atoms with Gasteiger partial charge in [-0.2, -0.15) is 4.31 Å². The van der Waals surface area contributed by atoms with Crippen LogP contribution in [0.25, 0.3) is 16.4 Å². The Bertz CT molecular complexity index is 1320. The number of aromatic nitrogens is 3. The fraction of sp³-hybridized carbons (Fsp3) is 0.217. The normalized spacial score (nSPS) is 15.0. The van der Waals surface area contributed by atoms with E-state index in [-0.39, 0.29) is 0 Å². The minimum atomic E-state index is -3.53. The molecule has 170 valence electrons. The Balaban J connectivity index is 1.41. The van der Waals surface area contributed by atoms with Gasteiger partial charge in [0.15, 0.2) is 11.0 Å². The molecule has 10 heteroatoms. The maximum atomic E-state index is 13.0. The molecule has 0 bridgehead atoms. The zero-order chi connectivity index (χ0) is 22.7. The topological polar surface area (TPSA) is 77.3 Å². The Labute approximate surface area is 201 Å². The standard InChI is InChI=1S/C23H22N4O3S3/c28-33(29,26-11-13-30-14-12-26)20-9-4-6-18(16-20)17-32-23-25-24-22(21-10-5-15-31-21)27(23)19-7-2-1-3-8-19/h1-10,15-16H,11-14,17H2. The van der Waals surface area contributed by atoms with E-state index in [0.717, 1.165) is 27.1 Å². The second-order valence-electron chi connectivity index (χ2n) is 7.41. The van der Waals surface area contributed by atoms with Crippen molar-refractivity contribution >= 4 is 33.1 Å². The van der Waals surface area contributed by atoms with Crippen molar-refractivity contribution in [3.05, 3.63) is 77.7 Å². The first-order chi connectivity index (χ1) is 16.1. The van der Waals surface area contributed by atoms with Gasteiger partial charge in [0.2, 0.25) is 10.0 Å². The van der Waals surface area contributed by atoms with Crippen LogP contribution in [0.4, 0.5) is 0 Å². The molecule has 3 heterocycles. The fourth-order valence-electron chi connectivity index (χ4n) is 3.62. The molecule has 1 aliphatic rings.